The predicted molar refractivity (Wildman–Crippen MR) is 103 cm³/mol. The number of nitrogens with zero attached hydrogens (tertiary/aromatic N) is 3. The molecule has 2 amide bonds. The van der Waals surface area contributed by atoms with Crippen molar-refractivity contribution in [2.45, 2.75) is 33.7 Å². The SMILES string of the molecule is CC(=O)Nc1cnc(-c2ccccc2)n(N(C(C)=O)[C@H](C(=O)O)C(C)C)c1=O. The van der Waals surface area contributed by atoms with Crippen molar-refractivity contribution < 1.29 is 19.5 Å². The second-order valence-corrected chi connectivity index (χ2v) is 6.55. The maximum absolute atomic E-state index is 13.1. The molecular weight excluding hydrogens is 364 g/mol. The molecule has 0 unspecified atom stereocenters. The first-order chi connectivity index (χ1) is 13.1. The lowest BCUT2D eigenvalue weighted by Crippen LogP contribution is -2.57. The Morgan fingerprint density at radius 1 is 1.14 bits per heavy atom. The van der Waals surface area contributed by atoms with Crippen molar-refractivity contribution in [3.05, 3.63) is 46.9 Å². The van der Waals surface area contributed by atoms with Gasteiger partial charge in [0.2, 0.25) is 11.8 Å². The molecule has 0 spiro atoms. The third-order valence-corrected chi connectivity index (χ3v) is 3.97. The van der Waals surface area contributed by atoms with Gasteiger partial charge in [-0.1, -0.05) is 44.2 Å². The Morgan fingerprint density at radius 3 is 2.21 bits per heavy atom. The van der Waals surface area contributed by atoms with Crippen molar-refractivity contribution in [2.24, 2.45) is 5.92 Å². The molecule has 9 nitrogen and oxygen atoms in total. The Morgan fingerprint density at radius 2 is 1.75 bits per heavy atom. The summed E-state index contributed by atoms with van der Waals surface area (Å²) in [6.07, 6.45) is 1.19. The second kappa shape index (κ2) is 8.47. The van der Waals surface area contributed by atoms with Gasteiger partial charge in [-0.15, -0.1) is 0 Å². The normalized spacial score (nSPS) is 11.8. The maximum Gasteiger partial charge on any atom is 0.328 e. The van der Waals surface area contributed by atoms with Gasteiger partial charge in [0, 0.05) is 19.4 Å². The molecule has 2 aromatic rings. The van der Waals surface area contributed by atoms with Gasteiger partial charge < -0.3 is 10.4 Å². The number of carboxylic acid groups (broad SMARTS) is 1. The lowest BCUT2D eigenvalue weighted by molar-refractivity contribution is -0.142. The molecule has 9 heteroatoms. The van der Waals surface area contributed by atoms with E-state index in [-0.39, 0.29) is 11.5 Å². The molecule has 28 heavy (non-hydrogen) atoms. The van der Waals surface area contributed by atoms with Gasteiger partial charge >= 0.3 is 5.97 Å². The largest absolute Gasteiger partial charge is 0.480 e. The minimum absolute atomic E-state index is 0.0850. The zero-order chi connectivity index (χ0) is 21.0. The predicted octanol–water partition coefficient (Wildman–Crippen LogP) is 1.46. The fourth-order valence-electron chi connectivity index (χ4n) is 2.84. The molecule has 1 heterocycles. The third-order valence-electron chi connectivity index (χ3n) is 3.97. The van der Waals surface area contributed by atoms with E-state index < -0.39 is 35.3 Å². The lowest BCUT2D eigenvalue weighted by atomic mass is 10.0. The van der Waals surface area contributed by atoms with Crippen molar-refractivity contribution in [1.29, 1.82) is 0 Å². The summed E-state index contributed by atoms with van der Waals surface area (Å²) in [6, 6.07) is 7.27. The smallest absolute Gasteiger partial charge is 0.328 e. The number of anilines is 1. The number of rotatable bonds is 6. The number of carboxylic acids is 1. The van der Waals surface area contributed by atoms with Gasteiger partial charge in [-0.2, -0.15) is 4.68 Å². The van der Waals surface area contributed by atoms with Gasteiger partial charge in [0.25, 0.3) is 5.56 Å². The highest BCUT2D eigenvalue weighted by Gasteiger charge is 2.35. The monoisotopic (exact) mass is 386 g/mol. The van der Waals surface area contributed by atoms with Crippen LogP contribution in [0.2, 0.25) is 0 Å². The highest BCUT2D eigenvalue weighted by atomic mass is 16.4. The van der Waals surface area contributed by atoms with Crippen LogP contribution in [0.15, 0.2) is 41.3 Å². The molecule has 148 valence electrons. The molecule has 0 radical (unpaired) electrons. The number of nitrogens with one attached hydrogen (secondary N) is 1. The standard InChI is InChI=1S/C19H22N4O5/c1-11(2)16(19(27)28)22(13(4)25)23-17(14-8-6-5-7-9-14)20-10-15(18(23)26)21-12(3)24/h5-11,16H,1-4H3,(H,21,24)(H,27,28)/t16-/m0/s1. The molecule has 1 aromatic heterocycles. The number of hydrogen-bond donors (Lipinski definition) is 2. The molecule has 0 saturated heterocycles. The van der Waals surface area contributed by atoms with E-state index in [4.69, 9.17) is 0 Å². The molecule has 2 rings (SSSR count). The minimum atomic E-state index is -1.31. The van der Waals surface area contributed by atoms with Gasteiger partial charge in [-0.25, -0.2) is 14.8 Å². The van der Waals surface area contributed by atoms with Gasteiger partial charge in [-0.05, 0) is 5.92 Å². The molecule has 0 aliphatic heterocycles. The first-order valence-electron chi connectivity index (χ1n) is 8.63. The van der Waals surface area contributed by atoms with E-state index in [1.807, 2.05) is 0 Å². The zero-order valence-electron chi connectivity index (χ0n) is 16.0. The van der Waals surface area contributed by atoms with E-state index in [9.17, 15) is 24.3 Å². The minimum Gasteiger partial charge on any atom is -0.480 e. The van der Waals surface area contributed by atoms with E-state index in [0.29, 0.717) is 5.56 Å². The topological polar surface area (TPSA) is 122 Å². The number of amides is 2. The average molecular weight is 386 g/mol. The van der Waals surface area contributed by atoms with E-state index in [0.717, 1.165) is 9.69 Å². The Hall–Kier alpha value is -3.49. The summed E-state index contributed by atoms with van der Waals surface area (Å²) in [5, 5.41) is 12.9. The first kappa shape index (κ1) is 20.8. The second-order valence-electron chi connectivity index (χ2n) is 6.55. The number of benzene rings is 1. The van der Waals surface area contributed by atoms with Crippen LogP contribution in [-0.2, 0) is 14.4 Å². The van der Waals surface area contributed by atoms with E-state index in [2.05, 4.69) is 10.3 Å². The van der Waals surface area contributed by atoms with Gasteiger partial charge in [0.1, 0.15) is 5.69 Å². The molecule has 1 atom stereocenters. The first-order valence-corrected chi connectivity index (χ1v) is 8.63. The summed E-state index contributed by atoms with van der Waals surface area (Å²) in [6.45, 7) is 5.66. The van der Waals surface area contributed by atoms with Crippen LogP contribution >= 0.6 is 0 Å². The molecule has 2 N–H and O–H groups in total. The number of aliphatic carboxylic acids is 1. The summed E-state index contributed by atoms with van der Waals surface area (Å²) in [4.78, 5) is 53.1. The van der Waals surface area contributed by atoms with Crippen LogP contribution in [-0.4, -0.2) is 38.6 Å². The average Bonchev–Trinajstić information content (AvgIpc) is 2.61. The van der Waals surface area contributed by atoms with Crippen LogP contribution < -0.4 is 15.9 Å². The van der Waals surface area contributed by atoms with Crippen LogP contribution in [0.1, 0.15) is 27.7 Å². The van der Waals surface area contributed by atoms with Crippen LogP contribution in [0.3, 0.4) is 0 Å². The summed E-state index contributed by atoms with van der Waals surface area (Å²) >= 11 is 0. The van der Waals surface area contributed by atoms with Gasteiger partial charge in [0.15, 0.2) is 11.9 Å². The van der Waals surface area contributed by atoms with Crippen LogP contribution in [0.4, 0.5) is 5.69 Å². The Bertz CT molecular complexity index is 953. The molecule has 0 aliphatic rings. The van der Waals surface area contributed by atoms with Crippen LogP contribution in [0.5, 0.6) is 0 Å². The summed E-state index contributed by atoms with van der Waals surface area (Å²) in [5.41, 5.74) is -0.411. The van der Waals surface area contributed by atoms with Gasteiger partial charge in [-0.3, -0.25) is 14.4 Å². The molecule has 1 aromatic carbocycles. The number of hydrogen-bond acceptors (Lipinski definition) is 5. The number of carbonyl (C=O) groups excluding carboxylic acids is 2. The maximum atomic E-state index is 13.1. The van der Waals surface area contributed by atoms with E-state index >= 15 is 0 Å². The van der Waals surface area contributed by atoms with Gasteiger partial charge in [0.05, 0.1) is 6.20 Å². The Kier molecular flexibility index (Phi) is 6.29. The molecule has 0 saturated carbocycles. The van der Waals surface area contributed by atoms with Crippen molar-refractivity contribution >= 4 is 23.5 Å². The van der Waals surface area contributed by atoms with Crippen LogP contribution in [0, 0.1) is 5.92 Å². The highest BCUT2D eigenvalue weighted by molar-refractivity contribution is 5.92. The fraction of sp³-hybridized carbons (Fsp3) is 0.316. The van der Waals surface area contributed by atoms with Crippen molar-refractivity contribution in [1.82, 2.24) is 9.66 Å². The number of carbonyl (C=O) groups is 3. The lowest BCUT2D eigenvalue weighted by Gasteiger charge is -2.32. The Balaban J connectivity index is 2.86. The molecule has 0 aliphatic carbocycles. The van der Waals surface area contributed by atoms with Crippen molar-refractivity contribution in [2.75, 3.05) is 10.3 Å². The van der Waals surface area contributed by atoms with Crippen molar-refractivity contribution in [3.8, 4) is 11.4 Å². The molecule has 0 fully saturated rings. The van der Waals surface area contributed by atoms with Crippen LogP contribution in [0.25, 0.3) is 11.4 Å². The third kappa shape index (κ3) is 4.25. The van der Waals surface area contributed by atoms with Crippen molar-refractivity contribution in [3.63, 3.8) is 0 Å². The Labute approximate surface area is 161 Å². The summed E-state index contributed by atoms with van der Waals surface area (Å²) in [5.74, 6) is -2.82. The van der Waals surface area contributed by atoms with E-state index in [1.165, 1.54) is 20.0 Å². The van der Waals surface area contributed by atoms with E-state index in [1.54, 1.807) is 44.2 Å². The summed E-state index contributed by atoms with van der Waals surface area (Å²) in [7, 11) is 0. The fourth-order valence-corrected chi connectivity index (χ4v) is 2.84. The highest BCUT2D eigenvalue weighted by Crippen LogP contribution is 2.20. The zero-order valence-corrected chi connectivity index (χ0v) is 16.0. The summed E-state index contributed by atoms with van der Waals surface area (Å²) < 4.78 is 0.918. The quantitative estimate of drug-likeness (QED) is 0.775. The molecular formula is C19H22N4O5. The number of aromatic nitrogens is 2. The molecule has 0 bridgehead atoms.